The molecule has 0 bridgehead atoms. The molecule has 0 aliphatic carbocycles. The summed E-state index contributed by atoms with van der Waals surface area (Å²) in [5, 5.41) is 4.63. The van der Waals surface area contributed by atoms with Gasteiger partial charge in [0.15, 0.2) is 0 Å². The van der Waals surface area contributed by atoms with Crippen LogP contribution in [0, 0.1) is 0 Å². The predicted octanol–water partition coefficient (Wildman–Crippen LogP) is 2.60. The molecule has 1 amide bonds. The zero-order valence-electron chi connectivity index (χ0n) is 12.6. The molecule has 1 aliphatic rings. The van der Waals surface area contributed by atoms with Gasteiger partial charge in [-0.1, -0.05) is 18.2 Å². The highest BCUT2D eigenvalue weighted by atomic mass is 16.2. The second kappa shape index (κ2) is 5.68. The van der Waals surface area contributed by atoms with Gasteiger partial charge in [0.05, 0.1) is 24.5 Å². The fraction of sp³-hybridized carbons (Fsp3) is 0.167. The lowest BCUT2D eigenvalue weighted by Gasteiger charge is -2.27. The van der Waals surface area contributed by atoms with E-state index in [0.717, 1.165) is 22.5 Å². The normalized spacial score (nSPS) is 13.7. The monoisotopic (exact) mass is 304 g/mol. The maximum atomic E-state index is 12.6. The van der Waals surface area contributed by atoms with Crippen LogP contribution in [0.1, 0.15) is 16.1 Å². The molecular formula is C18H16N4O. The molecule has 114 valence electrons. The number of fused-ring (bicyclic) bond motifs is 1. The zero-order chi connectivity index (χ0) is 15.6. The van der Waals surface area contributed by atoms with Crippen LogP contribution in [0.2, 0.25) is 0 Å². The summed E-state index contributed by atoms with van der Waals surface area (Å²) < 4.78 is 1.98. The quantitative estimate of drug-likeness (QED) is 0.731. The standard InChI is InChI=1S/C18H16N4O/c23-18(14-5-2-1-3-6-14)21-9-10-22-16(13-21)11-17(20-22)15-7-4-8-19-12-15/h1-8,11-12H,9-10,13H2. The van der Waals surface area contributed by atoms with Crippen molar-refractivity contribution in [3.63, 3.8) is 0 Å². The fourth-order valence-corrected chi connectivity index (χ4v) is 2.86. The Morgan fingerprint density at radius 2 is 1.91 bits per heavy atom. The molecule has 0 unspecified atom stereocenters. The Morgan fingerprint density at radius 3 is 2.70 bits per heavy atom. The van der Waals surface area contributed by atoms with E-state index in [9.17, 15) is 4.79 Å². The van der Waals surface area contributed by atoms with E-state index in [-0.39, 0.29) is 5.91 Å². The Kier molecular flexibility index (Phi) is 3.38. The minimum absolute atomic E-state index is 0.0703. The number of carbonyl (C=O) groups is 1. The number of benzene rings is 1. The third-order valence-corrected chi connectivity index (χ3v) is 4.06. The van der Waals surface area contributed by atoms with Gasteiger partial charge in [0, 0.05) is 30.1 Å². The van der Waals surface area contributed by atoms with Crippen LogP contribution in [0.25, 0.3) is 11.3 Å². The molecule has 0 radical (unpaired) electrons. The van der Waals surface area contributed by atoms with E-state index in [0.29, 0.717) is 19.6 Å². The molecule has 1 aliphatic heterocycles. The Hall–Kier alpha value is -2.95. The van der Waals surface area contributed by atoms with Crippen molar-refractivity contribution in [2.75, 3.05) is 6.54 Å². The van der Waals surface area contributed by atoms with Gasteiger partial charge in [0.2, 0.25) is 0 Å². The summed E-state index contributed by atoms with van der Waals surface area (Å²) in [4.78, 5) is 18.6. The van der Waals surface area contributed by atoms with Gasteiger partial charge in [0.1, 0.15) is 0 Å². The molecule has 0 atom stereocenters. The van der Waals surface area contributed by atoms with Gasteiger partial charge in [0.25, 0.3) is 5.91 Å². The van der Waals surface area contributed by atoms with Gasteiger partial charge >= 0.3 is 0 Å². The molecule has 0 saturated heterocycles. The lowest BCUT2D eigenvalue weighted by Crippen LogP contribution is -2.38. The van der Waals surface area contributed by atoms with E-state index in [2.05, 4.69) is 10.1 Å². The van der Waals surface area contributed by atoms with Crippen LogP contribution in [-0.4, -0.2) is 32.1 Å². The SMILES string of the molecule is O=C(c1ccccc1)N1CCn2nc(-c3cccnc3)cc2C1. The largest absolute Gasteiger partial charge is 0.331 e. The van der Waals surface area contributed by atoms with E-state index < -0.39 is 0 Å². The van der Waals surface area contributed by atoms with E-state index >= 15 is 0 Å². The molecule has 0 fully saturated rings. The number of pyridine rings is 1. The summed E-state index contributed by atoms with van der Waals surface area (Å²) >= 11 is 0. The first-order valence-electron chi connectivity index (χ1n) is 7.63. The van der Waals surface area contributed by atoms with Crippen molar-refractivity contribution >= 4 is 5.91 Å². The minimum atomic E-state index is 0.0703. The van der Waals surface area contributed by atoms with Crippen LogP contribution in [0.4, 0.5) is 0 Å². The highest BCUT2D eigenvalue weighted by Gasteiger charge is 2.23. The van der Waals surface area contributed by atoms with E-state index in [1.807, 2.05) is 58.1 Å². The molecular weight excluding hydrogens is 288 g/mol. The van der Waals surface area contributed by atoms with Crippen LogP contribution in [0.15, 0.2) is 60.9 Å². The van der Waals surface area contributed by atoms with E-state index in [1.54, 1.807) is 12.4 Å². The minimum Gasteiger partial charge on any atom is -0.331 e. The number of aromatic nitrogens is 3. The van der Waals surface area contributed by atoms with Gasteiger partial charge < -0.3 is 4.90 Å². The van der Waals surface area contributed by atoms with Crippen molar-refractivity contribution in [2.24, 2.45) is 0 Å². The summed E-state index contributed by atoms with van der Waals surface area (Å²) in [6.07, 6.45) is 3.56. The van der Waals surface area contributed by atoms with Crippen LogP contribution in [-0.2, 0) is 13.1 Å². The highest BCUT2D eigenvalue weighted by Crippen LogP contribution is 2.22. The second-order valence-corrected chi connectivity index (χ2v) is 5.58. The Balaban J connectivity index is 1.58. The number of hydrogen-bond acceptors (Lipinski definition) is 3. The van der Waals surface area contributed by atoms with Gasteiger partial charge in [-0.15, -0.1) is 0 Å². The number of carbonyl (C=O) groups excluding carboxylic acids is 1. The molecule has 5 heteroatoms. The molecule has 0 N–H and O–H groups in total. The van der Waals surface area contributed by atoms with Gasteiger partial charge in [-0.05, 0) is 30.3 Å². The Labute approximate surface area is 134 Å². The van der Waals surface area contributed by atoms with Crippen LogP contribution >= 0.6 is 0 Å². The van der Waals surface area contributed by atoms with Crippen molar-refractivity contribution in [3.8, 4) is 11.3 Å². The average molecular weight is 304 g/mol. The molecule has 2 aromatic heterocycles. The molecule has 23 heavy (non-hydrogen) atoms. The Bertz CT molecular complexity index is 827. The van der Waals surface area contributed by atoms with Crippen molar-refractivity contribution in [2.45, 2.75) is 13.1 Å². The lowest BCUT2D eigenvalue weighted by molar-refractivity contribution is 0.0706. The average Bonchev–Trinajstić information content (AvgIpc) is 3.06. The van der Waals surface area contributed by atoms with E-state index in [4.69, 9.17) is 0 Å². The lowest BCUT2D eigenvalue weighted by atomic mass is 10.1. The second-order valence-electron chi connectivity index (χ2n) is 5.58. The number of hydrogen-bond donors (Lipinski definition) is 0. The number of nitrogens with zero attached hydrogens (tertiary/aromatic N) is 4. The smallest absolute Gasteiger partial charge is 0.254 e. The third kappa shape index (κ3) is 2.61. The molecule has 4 rings (SSSR count). The molecule has 0 spiro atoms. The van der Waals surface area contributed by atoms with Crippen molar-refractivity contribution in [1.82, 2.24) is 19.7 Å². The first kappa shape index (κ1) is 13.7. The van der Waals surface area contributed by atoms with E-state index in [1.165, 1.54) is 0 Å². The first-order chi connectivity index (χ1) is 11.3. The summed E-state index contributed by atoms with van der Waals surface area (Å²) in [5.74, 6) is 0.0703. The number of rotatable bonds is 2. The van der Waals surface area contributed by atoms with Crippen LogP contribution < -0.4 is 0 Å². The Morgan fingerprint density at radius 1 is 1.04 bits per heavy atom. The molecule has 1 aromatic carbocycles. The van der Waals surface area contributed by atoms with Crippen molar-refractivity contribution < 1.29 is 4.79 Å². The zero-order valence-corrected chi connectivity index (χ0v) is 12.6. The maximum absolute atomic E-state index is 12.6. The first-order valence-corrected chi connectivity index (χ1v) is 7.63. The topological polar surface area (TPSA) is 51.0 Å². The predicted molar refractivity (Wildman–Crippen MR) is 86.6 cm³/mol. The number of amides is 1. The highest BCUT2D eigenvalue weighted by molar-refractivity contribution is 5.94. The third-order valence-electron chi connectivity index (χ3n) is 4.06. The molecule has 3 heterocycles. The molecule has 3 aromatic rings. The van der Waals surface area contributed by atoms with Crippen molar-refractivity contribution in [3.05, 3.63) is 72.2 Å². The fourth-order valence-electron chi connectivity index (χ4n) is 2.86. The van der Waals surface area contributed by atoms with Crippen LogP contribution in [0.5, 0.6) is 0 Å². The summed E-state index contributed by atoms with van der Waals surface area (Å²) in [6.45, 7) is 1.98. The van der Waals surface area contributed by atoms with Gasteiger partial charge in [-0.25, -0.2) is 0 Å². The summed E-state index contributed by atoms with van der Waals surface area (Å²) in [7, 11) is 0. The van der Waals surface area contributed by atoms with Crippen molar-refractivity contribution in [1.29, 1.82) is 0 Å². The molecule has 5 nitrogen and oxygen atoms in total. The summed E-state index contributed by atoms with van der Waals surface area (Å²) in [6, 6.07) is 15.4. The maximum Gasteiger partial charge on any atom is 0.254 e. The molecule has 0 saturated carbocycles. The van der Waals surface area contributed by atoms with Gasteiger partial charge in [-0.2, -0.15) is 5.10 Å². The van der Waals surface area contributed by atoms with Crippen LogP contribution in [0.3, 0.4) is 0 Å². The summed E-state index contributed by atoms with van der Waals surface area (Å²) in [5.41, 5.74) is 3.68. The van der Waals surface area contributed by atoms with Gasteiger partial charge in [-0.3, -0.25) is 14.5 Å².